The van der Waals surface area contributed by atoms with Gasteiger partial charge in [-0.1, -0.05) is 15.9 Å². The molecule has 1 unspecified atom stereocenters. The number of halogens is 1. The van der Waals surface area contributed by atoms with Crippen molar-refractivity contribution < 1.29 is 9.47 Å². The highest BCUT2D eigenvalue weighted by atomic mass is 79.9. The van der Waals surface area contributed by atoms with Crippen LogP contribution in [0, 0.1) is 13.8 Å². The minimum Gasteiger partial charge on any atom is -0.493 e. The van der Waals surface area contributed by atoms with E-state index in [0.717, 1.165) is 17.1 Å². The Kier molecular flexibility index (Phi) is 4.03. The lowest BCUT2D eigenvalue weighted by Crippen LogP contribution is -2.00. The van der Waals surface area contributed by atoms with E-state index in [9.17, 15) is 0 Å². The molecule has 1 rings (SSSR count). The van der Waals surface area contributed by atoms with Crippen LogP contribution in [0.1, 0.15) is 28.4 Å². The van der Waals surface area contributed by atoms with Crippen molar-refractivity contribution in [2.45, 2.75) is 25.6 Å². The third-order valence-electron chi connectivity index (χ3n) is 2.56. The first-order valence-corrected chi connectivity index (χ1v) is 5.80. The second kappa shape index (κ2) is 4.88. The van der Waals surface area contributed by atoms with Crippen molar-refractivity contribution in [3.63, 3.8) is 0 Å². The van der Waals surface area contributed by atoms with E-state index in [0.29, 0.717) is 4.83 Å². The van der Waals surface area contributed by atoms with Gasteiger partial charge in [0.25, 0.3) is 0 Å². The predicted octanol–water partition coefficient (Wildman–Crippen LogP) is 3.78. The number of benzene rings is 1. The molecule has 0 aromatic heterocycles. The van der Waals surface area contributed by atoms with Crippen LogP contribution >= 0.6 is 15.9 Å². The lowest BCUT2D eigenvalue weighted by atomic mass is 9.99. The van der Waals surface area contributed by atoms with Crippen molar-refractivity contribution in [3.05, 3.63) is 22.8 Å². The molecule has 3 heteroatoms. The smallest absolute Gasteiger partial charge is 0.163 e. The summed E-state index contributed by atoms with van der Waals surface area (Å²) in [5, 5.41) is 0. The van der Waals surface area contributed by atoms with E-state index in [-0.39, 0.29) is 0 Å². The fraction of sp³-hybridized carbons (Fsp3) is 0.500. The molecule has 0 radical (unpaired) electrons. The standard InChI is InChI=1S/C12H17BrO2/c1-7-6-10(14-4)12(15-5)8(2)11(7)9(3)13/h6,9H,1-5H3. The van der Waals surface area contributed by atoms with Crippen LogP contribution in [0.2, 0.25) is 0 Å². The zero-order chi connectivity index (χ0) is 11.6. The van der Waals surface area contributed by atoms with Gasteiger partial charge in [0, 0.05) is 4.83 Å². The van der Waals surface area contributed by atoms with E-state index in [1.807, 2.05) is 6.07 Å². The number of alkyl halides is 1. The van der Waals surface area contributed by atoms with Crippen LogP contribution in [0.5, 0.6) is 11.5 Å². The molecule has 2 nitrogen and oxygen atoms in total. The molecule has 0 heterocycles. The number of hydrogen-bond donors (Lipinski definition) is 0. The van der Waals surface area contributed by atoms with Crippen molar-refractivity contribution in [2.24, 2.45) is 0 Å². The Bertz CT molecular complexity index is 359. The van der Waals surface area contributed by atoms with Crippen molar-refractivity contribution >= 4 is 15.9 Å². The van der Waals surface area contributed by atoms with Crippen LogP contribution in [0.25, 0.3) is 0 Å². The second-order valence-corrected chi connectivity index (χ2v) is 4.96. The van der Waals surface area contributed by atoms with Crippen molar-refractivity contribution in [1.29, 1.82) is 0 Å². The Hall–Kier alpha value is -0.700. The molecule has 1 aromatic carbocycles. The second-order valence-electron chi connectivity index (χ2n) is 3.58. The minimum atomic E-state index is 0.317. The first-order valence-electron chi connectivity index (χ1n) is 4.89. The molecule has 0 saturated carbocycles. The average molecular weight is 273 g/mol. The highest BCUT2D eigenvalue weighted by Crippen LogP contribution is 2.39. The van der Waals surface area contributed by atoms with Gasteiger partial charge in [-0.3, -0.25) is 0 Å². The highest BCUT2D eigenvalue weighted by molar-refractivity contribution is 9.09. The van der Waals surface area contributed by atoms with Crippen LogP contribution in [0.15, 0.2) is 6.07 Å². The minimum absolute atomic E-state index is 0.317. The summed E-state index contributed by atoms with van der Waals surface area (Å²) in [7, 11) is 3.33. The normalized spacial score (nSPS) is 12.4. The SMILES string of the molecule is COc1cc(C)c(C(C)Br)c(C)c1OC. The van der Waals surface area contributed by atoms with Crippen LogP contribution < -0.4 is 9.47 Å². The maximum atomic E-state index is 5.37. The fourth-order valence-electron chi connectivity index (χ4n) is 1.96. The molecule has 0 aliphatic rings. The quantitative estimate of drug-likeness (QED) is 0.780. The summed E-state index contributed by atoms with van der Waals surface area (Å²) in [6, 6.07) is 2.01. The third-order valence-corrected chi connectivity index (χ3v) is 3.02. The third kappa shape index (κ3) is 2.28. The lowest BCUT2D eigenvalue weighted by Gasteiger charge is -2.18. The zero-order valence-electron chi connectivity index (χ0n) is 9.85. The summed E-state index contributed by atoms with van der Waals surface area (Å²) < 4.78 is 10.7. The Morgan fingerprint density at radius 1 is 1.20 bits per heavy atom. The Morgan fingerprint density at radius 3 is 2.20 bits per heavy atom. The van der Waals surface area contributed by atoms with Crippen LogP contribution in [-0.2, 0) is 0 Å². The topological polar surface area (TPSA) is 18.5 Å². The van der Waals surface area contributed by atoms with Gasteiger partial charge in [-0.2, -0.15) is 0 Å². The molecule has 0 aliphatic carbocycles. The summed E-state index contributed by atoms with van der Waals surface area (Å²) >= 11 is 3.60. The first kappa shape index (κ1) is 12.4. The van der Waals surface area contributed by atoms with Gasteiger partial charge in [0.15, 0.2) is 11.5 Å². The maximum absolute atomic E-state index is 5.37. The van der Waals surface area contributed by atoms with E-state index >= 15 is 0 Å². The van der Waals surface area contributed by atoms with Gasteiger partial charge < -0.3 is 9.47 Å². The molecule has 1 aromatic rings. The molecule has 15 heavy (non-hydrogen) atoms. The molecule has 0 bridgehead atoms. The number of hydrogen-bond acceptors (Lipinski definition) is 2. The molecule has 0 amide bonds. The Balaban J connectivity index is 3.44. The number of aryl methyl sites for hydroxylation is 1. The molecular formula is C12H17BrO2. The molecule has 0 spiro atoms. The zero-order valence-corrected chi connectivity index (χ0v) is 11.4. The van der Waals surface area contributed by atoms with Gasteiger partial charge >= 0.3 is 0 Å². The summed E-state index contributed by atoms with van der Waals surface area (Å²) in [4.78, 5) is 0.317. The maximum Gasteiger partial charge on any atom is 0.163 e. The lowest BCUT2D eigenvalue weighted by molar-refractivity contribution is 0.352. The summed E-state index contributed by atoms with van der Waals surface area (Å²) in [6.07, 6.45) is 0. The predicted molar refractivity (Wildman–Crippen MR) is 66.4 cm³/mol. The highest BCUT2D eigenvalue weighted by Gasteiger charge is 2.16. The van der Waals surface area contributed by atoms with Gasteiger partial charge in [0.2, 0.25) is 0 Å². The van der Waals surface area contributed by atoms with Gasteiger partial charge in [0.1, 0.15) is 0 Å². The summed E-state index contributed by atoms with van der Waals surface area (Å²) in [6.45, 7) is 6.25. The van der Waals surface area contributed by atoms with Gasteiger partial charge in [-0.15, -0.1) is 0 Å². The first-order chi connectivity index (χ1) is 7.02. The van der Waals surface area contributed by atoms with Crippen molar-refractivity contribution in [3.8, 4) is 11.5 Å². The van der Waals surface area contributed by atoms with Gasteiger partial charge in [0.05, 0.1) is 14.2 Å². The van der Waals surface area contributed by atoms with Crippen molar-refractivity contribution in [2.75, 3.05) is 14.2 Å². The average Bonchev–Trinajstić information content (AvgIpc) is 2.16. The van der Waals surface area contributed by atoms with Crippen LogP contribution in [-0.4, -0.2) is 14.2 Å². The largest absolute Gasteiger partial charge is 0.493 e. The van der Waals surface area contributed by atoms with Crippen molar-refractivity contribution in [1.82, 2.24) is 0 Å². The molecule has 84 valence electrons. The molecule has 0 fully saturated rings. The van der Waals surface area contributed by atoms with Crippen LogP contribution in [0.3, 0.4) is 0 Å². The Morgan fingerprint density at radius 2 is 1.80 bits per heavy atom. The number of ether oxygens (including phenoxy) is 2. The number of rotatable bonds is 3. The summed E-state index contributed by atoms with van der Waals surface area (Å²) in [5.41, 5.74) is 3.63. The van der Waals surface area contributed by atoms with Crippen LogP contribution in [0.4, 0.5) is 0 Å². The van der Waals surface area contributed by atoms with E-state index < -0.39 is 0 Å². The van der Waals surface area contributed by atoms with Gasteiger partial charge in [-0.25, -0.2) is 0 Å². The molecule has 0 aliphatic heterocycles. The fourth-order valence-corrected chi connectivity index (χ4v) is 2.66. The number of methoxy groups -OCH3 is 2. The summed E-state index contributed by atoms with van der Waals surface area (Å²) in [5.74, 6) is 1.62. The molecule has 0 N–H and O–H groups in total. The van der Waals surface area contributed by atoms with E-state index in [1.54, 1.807) is 14.2 Å². The molecule has 0 saturated heterocycles. The van der Waals surface area contributed by atoms with E-state index in [1.165, 1.54) is 11.1 Å². The monoisotopic (exact) mass is 272 g/mol. The van der Waals surface area contributed by atoms with E-state index in [2.05, 4.69) is 36.7 Å². The van der Waals surface area contributed by atoms with Gasteiger partial charge in [-0.05, 0) is 43.5 Å². The molecular weight excluding hydrogens is 256 g/mol. The van der Waals surface area contributed by atoms with E-state index in [4.69, 9.17) is 9.47 Å². The Labute approximate surface area is 99.7 Å². The molecule has 1 atom stereocenters.